The van der Waals surface area contributed by atoms with Crippen LogP contribution in [0.5, 0.6) is 0 Å². The minimum Gasteiger partial charge on any atom is -0.333 e. The van der Waals surface area contributed by atoms with Gasteiger partial charge in [-0.15, -0.1) is 0 Å². The average Bonchev–Trinajstić information content (AvgIpc) is 2.44. The second kappa shape index (κ2) is 12.3. The van der Waals surface area contributed by atoms with E-state index in [-0.39, 0.29) is 5.78 Å². The largest absolute Gasteiger partial charge is 0.333 e. The lowest BCUT2D eigenvalue weighted by Gasteiger charge is -1.67. The summed E-state index contributed by atoms with van der Waals surface area (Å²) in [4.78, 5) is 9.44. The predicted molar refractivity (Wildman–Crippen MR) is 49.6 cm³/mol. The van der Waals surface area contributed by atoms with Crippen LogP contribution in [0.1, 0.15) is 46.0 Å². The highest BCUT2D eigenvalue weighted by molar-refractivity contribution is 5.72. The molecule has 1 saturated carbocycles. The smallest absolute Gasteiger partial charge is 0.126 e. The zero-order valence-electron chi connectivity index (χ0n) is 8.02. The molecular weight excluding hydrogens is 138 g/mol. The van der Waals surface area contributed by atoms with Crippen LogP contribution in [0, 0.1) is 0 Å². The molecular formula is C9H21NO. The highest BCUT2D eigenvalue weighted by atomic mass is 16.1. The minimum atomic E-state index is 0.167. The Balaban J connectivity index is 0. The Labute approximate surface area is 70.2 Å². The molecule has 0 aliphatic heterocycles. The second-order valence-corrected chi connectivity index (χ2v) is 2.68. The lowest BCUT2D eigenvalue weighted by Crippen LogP contribution is -1.69. The molecule has 2 nitrogen and oxygen atoms in total. The van der Waals surface area contributed by atoms with Gasteiger partial charge in [0.15, 0.2) is 0 Å². The summed E-state index contributed by atoms with van der Waals surface area (Å²) in [6.45, 7) is 3.06. The van der Waals surface area contributed by atoms with E-state index in [1.807, 2.05) is 0 Å². The van der Waals surface area contributed by atoms with Crippen LogP contribution in [0.4, 0.5) is 0 Å². The Morgan fingerprint density at radius 2 is 1.00 bits per heavy atom. The van der Waals surface area contributed by atoms with E-state index in [1.54, 1.807) is 0 Å². The van der Waals surface area contributed by atoms with Gasteiger partial charge < -0.3 is 10.5 Å². The number of hydrogen-bond acceptors (Lipinski definition) is 2. The maximum absolute atomic E-state index is 9.44. The highest BCUT2D eigenvalue weighted by Crippen LogP contribution is 2.15. The van der Waals surface area contributed by atoms with Gasteiger partial charge in [0.25, 0.3) is 0 Å². The third kappa shape index (κ3) is 26.2. The summed E-state index contributed by atoms with van der Waals surface area (Å²) >= 11 is 0. The fraction of sp³-hybridized carbons (Fsp3) is 0.889. The van der Waals surface area contributed by atoms with Crippen molar-refractivity contribution in [2.75, 3.05) is 7.05 Å². The van der Waals surface area contributed by atoms with Crippen LogP contribution in [0.3, 0.4) is 0 Å². The molecule has 0 amide bonds. The van der Waals surface area contributed by atoms with Crippen molar-refractivity contribution in [1.29, 1.82) is 0 Å². The average molecular weight is 159 g/mol. The van der Waals surface area contributed by atoms with Gasteiger partial charge in [-0.2, -0.15) is 0 Å². The van der Waals surface area contributed by atoms with Crippen LogP contribution in [0.15, 0.2) is 0 Å². The van der Waals surface area contributed by atoms with E-state index in [9.17, 15) is 4.79 Å². The molecule has 0 aromatic heterocycles. The number of ketones is 1. The van der Waals surface area contributed by atoms with Gasteiger partial charge in [0.2, 0.25) is 0 Å². The Hall–Kier alpha value is -0.370. The van der Waals surface area contributed by atoms with Gasteiger partial charge in [-0.25, -0.2) is 0 Å². The molecule has 1 aliphatic carbocycles. The molecule has 0 aromatic rings. The van der Waals surface area contributed by atoms with Gasteiger partial charge in [-0.1, -0.05) is 32.1 Å². The van der Waals surface area contributed by atoms with Crippen LogP contribution in [-0.2, 0) is 4.79 Å². The molecule has 0 aromatic carbocycles. The van der Waals surface area contributed by atoms with E-state index in [4.69, 9.17) is 0 Å². The van der Waals surface area contributed by atoms with Gasteiger partial charge in [-0.3, -0.25) is 0 Å². The molecule has 0 bridgehead atoms. The highest BCUT2D eigenvalue weighted by Gasteiger charge is 1.95. The molecule has 0 heterocycles. The standard InChI is InChI=1S/C5H10.C3H6O.CH5N/c1-2-4-5-3-1;1-3(2)4;1-2/h1-5H2;1-2H3;2H2,1H3. The van der Waals surface area contributed by atoms with Gasteiger partial charge in [0, 0.05) is 0 Å². The number of carbonyl (C=O) groups is 1. The molecule has 2 N–H and O–H groups in total. The molecule has 11 heavy (non-hydrogen) atoms. The normalized spacial score (nSPS) is 13.8. The van der Waals surface area contributed by atoms with Crippen molar-refractivity contribution in [3.8, 4) is 0 Å². The van der Waals surface area contributed by atoms with Crippen molar-refractivity contribution in [2.45, 2.75) is 46.0 Å². The Morgan fingerprint density at radius 1 is 0.909 bits per heavy atom. The first-order valence-corrected chi connectivity index (χ1v) is 4.28. The van der Waals surface area contributed by atoms with E-state index in [0.29, 0.717) is 0 Å². The van der Waals surface area contributed by atoms with Crippen LogP contribution in [0.25, 0.3) is 0 Å². The first-order chi connectivity index (χ1) is 5.23. The molecule has 0 unspecified atom stereocenters. The van der Waals surface area contributed by atoms with E-state index >= 15 is 0 Å². The number of rotatable bonds is 0. The number of nitrogens with two attached hydrogens (primary N) is 1. The fourth-order valence-corrected chi connectivity index (χ4v) is 0.884. The fourth-order valence-electron chi connectivity index (χ4n) is 0.884. The van der Waals surface area contributed by atoms with Gasteiger partial charge in [0.1, 0.15) is 5.78 Å². The molecule has 68 valence electrons. The number of hydrogen-bond donors (Lipinski definition) is 1. The Bertz CT molecular complexity index is 66.0. The molecule has 1 aliphatic rings. The summed E-state index contributed by atoms with van der Waals surface area (Å²) in [5.74, 6) is 0.167. The van der Waals surface area contributed by atoms with Crippen LogP contribution >= 0.6 is 0 Å². The van der Waals surface area contributed by atoms with Crippen molar-refractivity contribution >= 4 is 5.78 Å². The molecule has 1 rings (SSSR count). The summed E-state index contributed by atoms with van der Waals surface area (Å²) in [7, 11) is 1.50. The molecule has 0 radical (unpaired) electrons. The molecule has 0 spiro atoms. The lowest BCUT2D eigenvalue weighted by molar-refractivity contribution is -0.114. The first kappa shape index (κ1) is 13.2. The van der Waals surface area contributed by atoms with Crippen LogP contribution in [0.2, 0.25) is 0 Å². The molecule has 0 atom stereocenters. The predicted octanol–water partition coefficient (Wildman–Crippen LogP) is 2.12. The maximum atomic E-state index is 9.44. The minimum absolute atomic E-state index is 0.167. The van der Waals surface area contributed by atoms with E-state index in [1.165, 1.54) is 53.0 Å². The first-order valence-electron chi connectivity index (χ1n) is 4.28. The van der Waals surface area contributed by atoms with Crippen LogP contribution < -0.4 is 5.73 Å². The monoisotopic (exact) mass is 159 g/mol. The zero-order valence-corrected chi connectivity index (χ0v) is 8.02. The summed E-state index contributed by atoms with van der Waals surface area (Å²) in [6.07, 6.45) is 7.50. The SMILES string of the molecule is C1CCCC1.CC(C)=O.CN. The van der Waals surface area contributed by atoms with E-state index in [2.05, 4.69) is 5.73 Å². The van der Waals surface area contributed by atoms with Crippen molar-refractivity contribution in [3.05, 3.63) is 0 Å². The van der Waals surface area contributed by atoms with E-state index in [0.717, 1.165) is 0 Å². The molecule has 1 fully saturated rings. The number of carbonyl (C=O) groups excluding carboxylic acids is 1. The maximum Gasteiger partial charge on any atom is 0.126 e. The quantitative estimate of drug-likeness (QED) is 0.588. The Morgan fingerprint density at radius 3 is 1.09 bits per heavy atom. The van der Waals surface area contributed by atoms with Crippen molar-refractivity contribution in [2.24, 2.45) is 5.73 Å². The molecule has 0 saturated heterocycles. The van der Waals surface area contributed by atoms with E-state index < -0.39 is 0 Å². The van der Waals surface area contributed by atoms with Crippen LogP contribution in [-0.4, -0.2) is 12.8 Å². The summed E-state index contributed by atoms with van der Waals surface area (Å²) in [5.41, 5.74) is 4.50. The third-order valence-electron chi connectivity index (χ3n) is 1.25. The Kier molecular flexibility index (Phi) is 14.8. The second-order valence-electron chi connectivity index (χ2n) is 2.68. The van der Waals surface area contributed by atoms with Gasteiger partial charge >= 0.3 is 0 Å². The lowest BCUT2D eigenvalue weighted by atomic mass is 10.4. The topological polar surface area (TPSA) is 43.1 Å². The van der Waals surface area contributed by atoms with Crippen molar-refractivity contribution < 1.29 is 4.79 Å². The third-order valence-corrected chi connectivity index (χ3v) is 1.25. The van der Waals surface area contributed by atoms with Gasteiger partial charge in [0.05, 0.1) is 0 Å². The summed E-state index contributed by atoms with van der Waals surface area (Å²) in [5, 5.41) is 0. The number of Topliss-reactive ketones (excluding diaryl/α,β-unsaturated/α-hetero) is 1. The molecule has 2 heteroatoms. The van der Waals surface area contributed by atoms with Gasteiger partial charge in [-0.05, 0) is 20.9 Å². The van der Waals surface area contributed by atoms with Crippen molar-refractivity contribution in [1.82, 2.24) is 0 Å². The van der Waals surface area contributed by atoms with Crippen molar-refractivity contribution in [3.63, 3.8) is 0 Å². The summed E-state index contributed by atoms with van der Waals surface area (Å²) < 4.78 is 0. The zero-order chi connectivity index (χ0) is 9.11. The summed E-state index contributed by atoms with van der Waals surface area (Å²) in [6, 6.07) is 0.